The van der Waals surface area contributed by atoms with Gasteiger partial charge < -0.3 is 4.74 Å². The highest BCUT2D eigenvalue weighted by Crippen LogP contribution is 2.27. The number of benzene rings is 1. The van der Waals surface area contributed by atoms with Gasteiger partial charge in [0.2, 0.25) is 0 Å². The monoisotopic (exact) mass is 380 g/mol. The van der Waals surface area contributed by atoms with Crippen LogP contribution in [0.1, 0.15) is 33.5 Å². The molecule has 1 aromatic carbocycles. The molecule has 0 radical (unpaired) electrons. The summed E-state index contributed by atoms with van der Waals surface area (Å²) in [6.07, 6.45) is 1.80. The van der Waals surface area contributed by atoms with E-state index in [1.165, 1.54) is 11.3 Å². The average molecular weight is 380 g/mol. The maximum absolute atomic E-state index is 12.8. The second-order valence-corrected chi connectivity index (χ2v) is 6.88. The number of imidazole rings is 1. The number of anilines is 1. The van der Waals surface area contributed by atoms with Crippen molar-refractivity contribution in [1.82, 2.24) is 14.4 Å². The van der Waals surface area contributed by atoms with E-state index in [2.05, 4.69) is 15.3 Å². The van der Waals surface area contributed by atoms with Crippen LogP contribution in [-0.2, 0) is 4.74 Å². The summed E-state index contributed by atoms with van der Waals surface area (Å²) in [4.78, 5) is 33.5. The number of aryl methyl sites for hydroxylation is 1. The molecule has 4 aromatic rings. The number of hydrogen-bond acceptors (Lipinski definition) is 6. The van der Waals surface area contributed by atoms with Gasteiger partial charge in [-0.1, -0.05) is 17.4 Å². The number of ether oxygens (including phenoxy) is 1. The second-order valence-electron chi connectivity index (χ2n) is 5.85. The van der Waals surface area contributed by atoms with Crippen LogP contribution < -0.4 is 5.32 Å². The van der Waals surface area contributed by atoms with Gasteiger partial charge in [-0.15, -0.1) is 0 Å². The fourth-order valence-corrected chi connectivity index (χ4v) is 3.76. The van der Waals surface area contributed by atoms with Crippen LogP contribution in [0.2, 0.25) is 0 Å². The summed E-state index contributed by atoms with van der Waals surface area (Å²) in [5, 5.41) is 3.29. The van der Waals surface area contributed by atoms with E-state index in [0.717, 1.165) is 4.70 Å². The number of aromatic nitrogens is 3. The molecule has 0 aliphatic heterocycles. The van der Waals surface area contributed by atoms with Gasteiger partial charge in [0.1, 0.15) is 11.3 Å². The molecule has 1 N–H and O–H groups in total. The third-order valence-corrected chi connectivity index (χ3v) is 4.97. The second kappa shape index (κ2) is 6.81. The number of pyridine rings is 1. The topological polar surface area (TPSA) is 85.6 Å². The van der Waals surface area contributed by atoms with Gasteiger partial charge in [0.25, 0.3) is 5.91 Å². The quantitative estimate of drug-likeness (QED) is 0.546. The zero-order chi connectivity index (χ0) is 19.0. The lowest BCUT2D eigenvalue weighted by atomic mass is 10.2. The first-order valence-electron chi connectivity index (χ1n) is 8.39. The molecule has 0 fully saturated rings. The average Bonchev–Trinajstić information content (AvgIpc) is 3.20. The Labute approximate surface area is 158 Å². The molecule has 0 unspecified atom stereocenters. The molecular formula is C19H16N4O3S. The summed E-state index contributed by atoms with van der Waals surface area (Å²) in [6, 6.07) is 10.7. The van der Waals surface area contributed by atoms with E-state index in [4.69, 9.17) is 4.74 Å². The third-order valence-electron chi connectivity index (χ3n) is 4.04. The Kier molecular flexibility index (Phi) is 4.33. The van der Waals surface area contributed by atoms with Crippen molar-refractivity contribution in [3.8, 4) is 0 Å². The van der Waals surface area contributed by atoms with Crippen molar-refractivity contribution in [1.29, 1.82) is 0 Å². The van der Waals surface area contributed by atoms with Gasteiger partial charge in [0.05, 0.1) is 28.1 Å². The van der Waals surface area contributed by atoms with Crippen molar-refractivity contribution in [3.05, 3.63) is 59.5 Å². The zero-order valence-electron chi connectivity index (χ0n) is 14.7. The van der Waals surface area contributed by atoms with Crippen LogP contribution >= 0.6 is 11.3 Å². The standard InChI is InChI=1S/C19H16N4O3S/c1-3-26-18(25)12-7-8-13-14(10-12)27-19(21-13)22-17(24)16-11(2)20-15-6-4-5-9-23(15)16/h4-10H,3H2,1-2H3,(H,21,22,24). The molecule has 3 aromatic heterocycles. The van der Waals surface area contributed by atoms with E-state index in [-0.39, 0.29) is 11.9 Å². The van der Waals surface area contributed by atoms with Gasteiger partial charge in [0.15, 0.2) is 5.13 Å². The van der Waals surface area contributed by atoms with Crippen LogP contribution in [0.3, 0.4) is 0 Å². The van der Waals surface area contributed by atoms with Crippen LogP contribution in [0.5, 0.6) is 0 Å². The highest BCUT2D eigenvalue weighted by molar-refractivity contribution is 7.22. The molecule has 1 amide bonds. The normalized spacial score (nSPS) is 11.0. The van der Waals surface area contributed by atoms with Gasteiger partial charge in [-0.2, -0.15) is 0 Å². The number of hydrogen-bond donors (Lipinski definition) is 1. The van der Waals surface area contributed by atoms with Crippen LogP contribution in [0, 0.1) is 6.92 Å². The van der Waals surface area contributed by atoms with Gasteiger partial charge in [-0.3, -0.25) is 14.5 Å². The number of thiazole rings is 1. The molecule has 136 valence electrons. The molecule has 0 atom stereocenters. The Morgan fingerprint density at radius 1 is 1.22 bits per heavy atom. The number of nitrogens with zero attached hydrogens (tertiary/aromatic N) is 3. The fourth-order valence-electron chi connectivity index (χ4n) is 2.86. The lowest BCUT2D eigenvalue weighted by Crippen LogP contribution is -2.15. The highest BCUT2D eigenvalue weighted by atomic mass is 32.1. The molecule has 0 aliphatic carbocycles. The van der Waals surface area contributed by atoms with E-state index >= 15 is 0 Å². The van der Waals surface area contributed by atoms with Gasteiger partial charge in [0, 0.05) is 6.20 Å². The van der Waals surface area contributed by atoms with E-state index in [0.29, 0.717) is 39.9 Å². The Bertz CT molecular complexity index is 1180. The zero-order valence-corrected chi connectivity index (χ0v) is 15.5. The molecule has 0 aliphatic rings. The Morgan fingerprint density at radius 2 is 2.07 bits per heavy atom. The fraction of sp³-hybridized carbons (Fsp3) is 0.158. The van der Waals surface area contributed by atoms with Crippen LogP contribution in [-0.4, -0.2) is 32.9 Å². The predicted molar refractivity (Wildman–Crippen MR) is 103 cm³/mol. The largest absolute Gasteiger partial charge is 0.462 e. The Hall–Kier alpha value is -3.26. The SMILES string of the molecule is CCOC(=O)c1ccc2nc(NC(=O)c3c(C)nc4ccccn34)sc2c1. The smallest absolute Gasteiger partial charge is 0.338 e. The highest BCUT2D eigenvalue weighted by Gasteiger charge is 2.18. The number of nitrogens with one attached hydrogen (secondary N) is 1. The van der Waals surface area contributed by atoms with Crippen molar-refractivity contribution in [2.45, 2.75) is 13.8 Å². The van der Waals surface area contributed by atoms with Gasteiger partial charge in [-0.05, 0) is 44.2 Å². The summed E-state index contributed by atoms with van der Waals surface area (Å²) in [5.41, 5.74) is 2.99. The van der Waals surface area contributed by atoms with E-state index in [9.17, 15) is 9.59 Å². The first kappa shape index (κ1) is 17.2. The molecule has 7 nitrogen and oxygen atoms in total. The van der Waals surface area contributed by atoms with Crippen molar-refractivity contribution >= 4 is 44.2 Å². The Morgan fingerprint density at radius 3 is 2.89 bits per heavy atom. The van der Waals surface area contributed by atoms with Crippen LogP contribution in [0.4, 0.5) is 5.13 Å². The first-order chi connectivity index (χ1) is 13.1. The predicted octanol–water partition coefficient (Wildman–Crippen LogP) is 3.68. The van der Waals surface area contributed by atoms with Crippen molar-refractivity contribution in [3.63, 3.8) is 0 Å². The molecule has 0 spiro atoms. The third kappa shape index (κ3) is 3.15. The van der Waals surface area contributed by atoms with Crippen LogP contribution in [0.25, 0.3) is 15.9 Å². The summed E-state index contributed by atoms with van der Waals surface area (Å²) < 4.78 is 7.56. The molecule has 4 rings (SSSR count). The molecule has 3 heterocycles. The summed E-state index contributed by atoms with van der Waals surface area (Å²) in [7, 11) is 0. The number of amides is 1. The number of carbonyl (C=O) groups is 2. The summed E-state index contributed by atoms with van der Waals surface area (Å²) in [6.45, 7) is 3.88. The van der Waals surface area contributed by atoms with Gasteiger partial charge in [-0.25, -0.2) is 14.8 Å². The lowest BCUT2D eigenvalue weighted by Gasteiger charge is -2.02. The molecule has 0 bridgehead atoms. The van der Waals surface area contributed by atoms with Crippen molar-refractivity contribution in [2.24, 2.45) is 0 Å². The lowest BCUT2D eigenvalue weighted by molar-refractivity contribution is 0.0526. The minimum atomic E-state index is -0.375. The first-order valence-corrected chi connectivity index (χ1v) is 9.21. The molecule has 0 saturated heterocycles. The van der Waals surface area contributed by atoms with E-state index in [1.807, 2.05) is 18.2 Å². The molecule has 27 heavy (non-hydrogen) atoms. The number of esters is 1. The van der Waals surface area contributed by atoms with Crippen molar-refractivity contribution in [2.75, 3.05) is 11.9 Å². The molecular weight excluding hydrogens is 364 g/mol. The Balaban J connectivity index is 1.64. The number of fused-ring (bicyclic) bond motifs is 2. The maximum Gasteiger partial charge on any atom is 0.338 e. The van der Waals surface area contributed by atoms with Gasteiger partial charge >= 0.3 is 5.97 Å². The van der Waals surface area contributed by atoms with E-state index in [1.54, 1.807) is 42.6 Å². The number of carbonyl (C=O) groups excluding carboxylic acids is 2. The van der Waals surface area contributed by atoms with Crippen LogP contribution in [0.15, 0.2) is 42.6 Å². The van der Waals surface area contributed by atoms with E-state index < -0.39 is 0 Å². The molecule has 0 saturated carbocycles. The maximum atomic E-state index is 12.8. The summed E-state index contributed by atoms with van der Waals surface area (Å²) >= 11 is 1.30. The minimum absolute atomic E-state index is 0.282. The van der Waals surface area contributed by atoms with Crippen molar-refractivity contribution < 1.29 is 14.3 Å². The minimum Gasteiger partial charge on any atom is -0.462 e. The number of rotatable bonds is 4. The molecule has 8 heteroatoms. The summed E-state index contributed by atoms with van der Waals surface area (Å²) in [5.74, 6) is -0.657.